The zero-order valence-electron chi connectivity index (χ0n) is 14.0. The van der Waals surface area contributed by atoms with Crippen LogP contribution in [0.25, 0.3) is 6.08 Å². The van der Waals surface area contributed by atoms with Gasteiger partial charge < -0.3 is 10.1 Å². The second-order valence-corrected chi connectivity index (χ2v) is 7.11. The van der Waals surface area contributed by atoms with Crippen molar-refractivity contribution in [2.24, 2.45) is 0 Å². The van der Waals surface area contributed by atoms with Crippen LogP contribution >= 0.6 is 15.9 Å². The summed E-state index contributed by atoms with van der Waals surface area (Å²) in [7, 11) is 0. The molecule has 0 aliphatic carbocycles. The summed E-state index contributed by atoms with van der Waals surface area (Å²) in [5.74, 6) is -0.0637. The Morgan fingerprint density at radius 3 is 2.78 bits per heavy atom. The number of carbonyl (C=O) groups is 1. The second kappa shape index (κ2) is 8.62. The molecule has 1 saturated heterocycles. The molecule has 0 radical (unpaired) electrons. The number of carbonyl (C=O) groups excluding carboxylic acids is 1. The van der Waals surface area contributed by atoms with Gasteiger partial charge in [-0.05, 0) is 44.5 Å². The molecule has 0 saturated carbocycles. The Bertz CT molecular complexity index is 552. The van der Waals surface area contributed by atoms with Crippen molar-refractivity contribution in [3.8, 4) is 0 Å². The van der Waals surface area contributed by atoms with Crippen LogP contribution in [-0.4, -0.2) is 48.7 Å². The monoisotopic (exact) mass is 380 g/mol. The summed E-state index contributed by atoms with van der Waals surface area (Å²) >= 11 is 3.42. The van der Waals surface area contributed by atoms with Gasteiger partial charge in [0.25, 0.3) is 0 Å². The molecule has 1 aromatic rings. The Balaban J connectivity index is 1.79. The number of nitrogens with zero attached hydrogens (tertiary/aromatic N) is 1. The van der Waals surface area contributed by atoms with Crippen molar-refractivity contribution in [3.63, 3.8) is 0 Å². The molecule has 1 aliphatic rings. The van der Waals surface area contributed by atoms with Crippen LogP contribution in [0.5, 0.6) is 0 Å². The minimum absolute atomic E-state index is 0.0637. The third-order valence-electron chi connectivity index (χ3n) is 3.92. The zero-order chi connectivity index (χ0) is 16.8. The maximum atomic E-state index is 12.0. The highest BCUT2D eigenvalue weighted by Crippen LogP contribution is 2.14. The van der Waals surface area contributed by atoms with Gasteiger partial charge in [0.2, 0.25) is 5.91 Å². The molecule has 4 nitrogen and oxygen atoms in total. The zero-order valence-corrected chi connectivity index (χ0v) is 15.5. The molecule has 1 fully saturated rings. The van der Waals surface area contributed by atoms with E-state index in [0.717, 1.165) is 23.1 Å². The molecule has 0 aromatic heterocycles. The summed E-state index contributed by atoms with van der Waals surface area (Å²) in [5, 5.41) is 2.97. The fourth-order valence-corrected chi connectivity index (χ4v) is 3.21. The molecule has 126 valence electrons. The minimum atomic E-state index is -0.0637. The molecule has 0 bridgehead atoms. The first kappa shape index (κ1) is 18.2. The molecular weight excluding hydrogens is 356 g/mol. The predicted octanol–water partition coefficient (Wildman–Crippen LogP) is 3.08. The molecule has 3 atom stereocenters. The highest BCUT2D eigenvalue weighted by molar-refractivity contribution is 9.10. The summed E-state index contributed by atoms with van der Waals surface area (Å²) in [6.45, 7) is 8.79. The lowest BCUT2D eigenvalue weighted by molar-refractivity contribution is -0.117. The van der Waals surface area contributed by atoms with Crippen molar-refractivity contribution in [1.29, 1.82) is 0 Å². The van der Waals surface area contributed by atoms with E-state index in [1.165, 1.54) is 0 Å². The Hall–Kier alpha value is -1.17. The number of rotatable bonds is 5. The van der Waals surface area contributed by atoms with Crippen LogP contribution in [0.4, 0.5) is 0 Å². The lowest BCUT2D eigenvalue weighted by atomic mass is 10.1. The Kier molecular flexibility index (Phi) is 6.81. The molecular formula is C18H25BrN2O2. The van der Waals surface area contributed by atoms with Crippen molar-refractivity contribution in [3.05, 3.63) is 40.4 Å². The number of nitrogens with one attached hydrogen (secondary N) is 1. The van der Waals surface area contributed by atoms with Gasteiger partial charge in [0.05, 0.1) is 12.2 Å². The van der Waals surface area contributed by atoms with Crippen LogP contribution in [0.1, 0.15) is 26.3 Å². The number of ether oxygens (including phenoxy) is 1. The van der Waals surface area contributed by atoms with Crippen LogP contribution < -0.4 is 5.32 Å². The molecule has 0 unspecified atom stereocenters. The van der Waals surface area contributed by atoms with Gasteiger partial charge in [0.15, 0.2) is 0 Å². The first-order chi connectivity index (χ1) is 10.9. The van der Waals surface area contributed by atoms with Crippen LogP contribution in [0.2, 0.25) is 0 Å². The number of hydrogen-bond acceptors (Lipinski definition) is 3. The number of amides is 1. The van der Waals surface area contributed by atoms with E-state index < -0.39 is 0 Å². The number of halogens is 1. The SMILES string of the molecule is C[C@H]1CN([C@@H](C)CNC(=O)/C=C/c2cccc(Br)c2)C[C@H](C)O1. The molecule has 1 heterocycles. The average molecular weight is 381 g/mol. The van der Waals surface area contributed by atoms with Gasteiger partial charge in [-0.1, -0.05) is 28.1 Å². The Morgan fingerprint density at radius 2 is 2.13 bits per heavy atom. The van der Waals surface area contributed by atoms with Crippen molar-refractivity contribution < 1.29 is 9.53 Å². The van der Waals surface area contributed by atoms with Gasteiger partial charge >= 0.3 is 0 Å². The van der Waals surface area contributed by atoms with Gasteiger partial charge in [0, 0.05) is 36.2 Å². The van der Waals surface area contributed by atoms with Crippen molar-refractivity contribution in [1.82, 2.24) is 10.2 Å². The molecule has 23 heavy (non-hydrogen) atoms. The van der Waals surface area contributed by atoms with E-state index in [0.29, 0.717) is 12.6 Å². The standard InChI is InChI=1S/C18H25BrN2O2/c1-13(21-11-14(2)23-15(3)12-21)10-20-18(22)8-7-16-5-4-6-17(19)9-16/h4-9,13-15H,10-12H2,1-3H3,(H,20,22)/b8-7+/t13-,14-,15-/m0/s1. The Morgan fingerprint density at radius 1 is 1.43 bits per heavy atom. The number of hydrogen-bond donors (Lipinski definition) is 1. The van der Waals surface area contributed by atoms with E-state index in [1.54, 1.807) is 6.08 Å². The summed E-state index contributed by atoms with van der Waals surface area (Å²) in [6.07, 6.45) is 3.89. The fourth-order valence-electron chi connectivity index (χ4n) is 2.80. The topological polar surface area (TPSA) is 41.6 Å². The minimum Gasteiger partial charge on any atom is -0.373 e. The normalized spacial score (nSPS) is 23.8. The quantitative estimate of drug-likeness (QED) is 0.798. The van der Waals surface area contributed by atoms with E-state index in [2.05, 4.69) is 46.9 Å². The number of morpholine rings is 1. The van der Waals surface area contributed by atoms with E-state index in [-0.39, 0.29) is 18.1 Å². The van der Waals surface area contributed by atoms with E-state index >= 15 is 0 Å². The van der Waals surface area contributed by atoms with E-state index in [9.17, 15) is 4.79 Å². The van der Waals surface area contributed by atoms with Gasteiger partial charge in [-0.15, -0.1) is 0 Å². The van der Waals surface area contributed by atoms with Crippen molar-refractivity contribution in [2.45, 2.75) is 39.0 Å². The molecule has 2 rings (SSSR count). The van der Waals surface area contributed by atoms with Crippen LogP contribution in [0.15, 0.2) is 34.8 Å². The molecule has 1 amide bonds. The summed E-state index contributed by atoms with van der Waals surface area (Å²) in [5.41, 5.74) is 0.999. The largest absolute Gasteiger partial charge is 0.373 e. The maximum Gasteiger partial charge on any atom is 0.244 e. The van der Waals surface area contributed by atoms with Crippen LogP contribution in [0.3, 0.4) is 0 Å². The van der Waals surface area contributed by atoms with Gasteiger partial charge in [-0.3, -0.25) is 9.69 Å². The van der Waals surface area contributed by atoms with Gasteiger partial charge in [-0.2, -0.15) is 0 Å². The van der Waals surface area contributed by atoms with E-state index in [1.807, 2.05) is 30.3 Å². The maximum absolute atomic E-state index is 12.0. The van der Waals surface area contributed by atoms with Crippen molar-refractivity contribution >= 4 is 27.9 Å². The second-order valence-electron chi connectivity index (χ2n) is 6.19. The van der Waals surface area contributed by atoms with Crippen molar-refractivity contribution in [2.75, 3.05) is 19.6 Å². The smallest absolute Gasteiger partial charge is 0.244 e. The number of benzene rings is 1. The average Bonchev–Trinajstić information content (AvgIpc) is 2.49. The molecule has 5 heteroatoms. The summed E-state index contributed by atoms with van der Waals surface area (Å²) in [6, 6.07) is 8.15. The summed E-state index contributed by atoms with van der Waals surface area (Å²) in [4.78, 5) is 14.3. The molecule has 1 N–H and O–H groups in total. The third-order valence-corrected chi connectivity index (χ3v) is 4.41. The summed E-state index contributed by atoms with van der Waals surface area (Å²) < 4.78 is 6.75. The highest BCUT2D eigenvalue weighted by Gasteiger charge is 2.25. The molecule has 1 aliphatic heterocycles. The van der Waals surface area contributed by atoms with Crippen LogP contribution in [-0.2, 0) is 9.53 Å². The van der Waals surface area contributed by atoms with Gasteiger partial charge in [0.1, 0.15) is 0 Å². The molecule has 0 spiro atoms. The third kappa shape index (κ3) is 6.09. The predicted molar refractivity (Wildman–Crippen MR) is 97.2 cm³/mol. The Labute approximate surface area is 147 Å². The van der Waals surface area contributed by atoms with E-state index in [4.69, 9.17) is 4.74 Å². The first-order valence-electron chi connectivity index (χ1n) is 8.05. The molecule has 1 aromatic carbocycles. The highest BCUT2D eigenvalue weighted by atomic mass is 79.9. The van der Waals surface area contributed by atoms with Crippen LogP contribution in [0, 0.1) is 0 Å². The van der Waals surface area contributed by atoms with Gasteiger partial charge in [-0.25, -0.2) is 0 Å². The fraction of sp³-hybridized carbons (Fsp3) is 0.500. The lowest BCUT2D eigenvalue weighted by Crippen LogP contribution is -2.52. The lowest BCUT2D eigenvalue weighted by Gasteiger charge is -2.38. The first-order valence-corrected chi connectivity index (χ1v) is 8.84.